The summed E-state index contributed by atoms with van der Waals surface area (Å²) in [4.78, 5) is 10.8. The molecule has 3 heteroatoms. The highest BCUT2D eigenvalue weighted by molar-refractivity contribution is 5.78. The Balaban J connectivity index is 1.81. The first-order chi connectivity index (χ1) is 8.81. The van der Waals surface area contributed by atoms with Gasteiger partial charge in [0.2, 0.25) is 0 Å². The monoisotopic (exact) mass is 244 g/mol. The minimum absolute atomic E-state index is 0.369. The lowest BCUT2D eigenvalue weighted by molar-refractivity contribution is -0.159. The van der Waals surface area contributed by atoms with Crippen LogP contribution in [0.3, 0.4) is 0 Å². The molecule has 0 atom stereocenters. The summed E-state index contributed by atoms with van der Waals surface area (Å²) in [5.74, 6) is -0.369. The van der Waals surface area contributed by atoms with Gasteiger partial charge < -0.3 is 9.47 Å². The molecule has 1 aromatic carbocycles. The fourth-order valence-corrected chi connectivity index (χ4v) is 2.64. The number of aldehydes is 1. The van der Waals surface area contributed by atoms with Gasteiger partial charge in [0.1, 0.15) is 6.29 Å². The van der Waals surface area contributed by atoms with E-state index in [0.29, 0.717) is 13.2 Å². The highest BCUT2D eigenvalue weighted by Gasteiger charge is 2.37. The van der Waals surface area contributed by atoms with Crippen LogP contribution in [0.15, 0.2) is 30.3 Å². The lowest BCUT2D eigenvalue weighted by Gasteiger charge is -2.30. The maximum Gasteiger partial charge on any atom is 0.172 e. The van der Waals surface area contributed by atoms with Crippen LogP contribution in [-0.2, 0) is 9.47 Å². The van der Waals surface area contributed by atoms with Crippen molar-refractivity contribution < 1.29 is 14.3 Å². The Morgan fingerprint density at radius 1 is 1.22 bits per heavy atom. The van der Waals surface area contributed by atoms with Crippen molar-refractivity contribution in [2.24, 2.45) is 0 Å². The minimum Gasteiger partial charge on any atom is -0.347 e. The van der Waals surface area contributed by atoms with Gasteiger partial charge in [-0.25, -0.2) is 0 Å². The zero-order valence-electron chi connectivity index (χ0n) is 10.2. The van der Waals surface area contributed by atoms with Crippen LogP contribution in [0.25, 0.3) is 5.57 Å². The summed E-state index contributed by atoms with van der Waals surface area (Å²) < 4.78 is 11.4. The minimum atomic E-state index is -0.369. The van der Waals surface area contributed by atoms with E-state index in [1.165, 1.54) is 5.57 Å². The Bertz CT molecular complexity index is 484. The van der Waals surface area contributed by atoms with Crippen molar-refractivity contribution in [1.82, 2.24) is 0 Å². The van der Waals surface area contributed by atoms with Crippen LogP contribution in [0.5, 0.6) is 0 Å². The molecule has 1 aromatic rings. The van der Waals surface area contributed by atoms with Gasteiger partial charge in [-0.1, -0.05) is 24.3 Å². The van der Waals surface area contributed by atoms with Crippen LogP contribution >= 0.6 is 0 Å². The molecule has 0 amide bonds. The largest absolute Gasteiger partial charge is 0.347 e. The molecule has 0 N–H and O–H groups in total. The molecule has 0 bridgehead atoms. The first-order valence-corrected chi connectivity index (χ1v) is 6.34. The second-order valence-electron chi connectivity index (χ2n) is 4.78. The predicted octanol–water partition coefficient (Wildman–Crippen LogP) is 2.81. The van der Waals surface area contributed by atoms with Gasteiger partial charge in [0, 0.05) is 18.4 Å². The van der Waals surface area contributed by atoms with Crippen LogP contribution in [0, 0.1) is 0 Å². The molecular weight excluding hydrogens is 228 g/mol. The summed E-state index contributed by atoms with van der Waals surface area (Å²) in [6, 6.07) is 7.73. The van der Waals surface area contributed by atoms with E-state index in [-0.39, 0.29) is 5.79 Å². The SMILES string of the molecule is O=Cc1cccc(C2=CCC3(CC2)OCCO3)c1. The molecule has 1 saturated heterocycles. The molecule has 0 aromatic heterocycles. The van der Waals surface area contributed by atoms with Crippen LogP contribution in [0.2, 0.25) is 0 Å². The van der Waals surface area contributed by atoms with Crippen molar-refractivity contribution in [2.45, 2.75) is 25.0 Å². The number of hydrogen-bond acceptors (Lipinski definition) is 3. The first kappa shape index (κ1) is 11.6. The number of carbonyl (C=O) groups excluding carboxylic acids is 1. The van der Waals surface area contributed by atoms with E-state index >= 15 is 0 Å². The zero-order valence-corrected chi connectivity index (χ0v) is 10.2. The Labute approximate surface area is 106 Å². The van der Waals surface area contributed by atoms with Gasteiger partial charge in [0.25, 0.3) is 0 Å². The van der Waals surface area contributed by atoms with Gasteiger partial charge in [-0.05, 0) is 23.6 Å². The smallest absolute Gasteiger partial charge is 0.172 e. The highest BCUT2D eigenvalue weighted by atomic mass is 16.7. The molecule has 1 heterocycles. The van der Waals surface area contributed by atoms with E-state index in [4.69, 9.17) is 9.47 Å². The van der Waals surface area contributed by atoms with Crippen molar-refractivity contribution in [3.63, 3.8) is 0 Å². The van der Waals surface area contributed by atoms with E-state index in [1.807, 2.05) is 24.3 Å². The normalized spacial score (nSPS) is 21.9. The summed E-state index contributed by atoms with van der Waals surface area (Å²) in [6.45, 7) is 1.40. The van der Waals surface area contributed by atoms with E-state index < -0.39 is 0 Å². The number of rotatable bonds is 2. The van der Waals surface area contributed by atoms with Crippen molar-refractivity contribution in [3.8, 4) is 0 Å². The highest BCUT2D eigenvalue weighted by Crippen LogP contribution is 2.38. The standard InChI is InChI=1S/C15H16O3/c16-11-12-2-1-3-14(10-12)13-4-6-15(7-5-13)17-8-9-18-15/h1-4,10-11H,5-9H2. The molecule has 3 nitrogen and oxygen atoms in total. The number of benzene rings is 1. The quantitative estimate of drug-likeness (QED) is 0.750. The molecular formula is C15H16O3. The number of ether oxygens (including phenoxy) is 2. The summed E-state index contributed by atoms with van der Waals surface area (Å²) in [5, 5.41) is 0. The average molecular weight is 244 g/mol. The Kier molecular flexibility index (Phi) is 3.02. The predicted molar refractivity (Wildman–Crippen MR) is 68.3 cm³/mol. The van der Waals surface area contributed by atoms with Crippen LogP contribution in [0.4, 0.5) is 0 Å². The number of allylic oxidation sites excluding steroid dienone is 1. The van der Waals surface area contributed by atoms with E-state index in [0.717, 1.165) is 36.7 Å². The van der Waals surface area contributed by atoms with E-state index in [1.54, 1.807) is 0 Å². The fourth-order valence-electron chi connectivity index (χ4n) is 2.64. The van der Waals surface area contributed by atoms with Crippen molar-refractivity contribution in [1.29, 1.82) is 0 Å². The van der Waals surface area contributed by atoms with Crippen LogP contribution in [0.1, 0.15) is 35.2 Å². The maximum absolute atomic E-state index is 10.8. The number of hydrogen-bond donors (Lipinski definition) is 0. The molecule has 94 valence electrons. The topological polar surface area (TPSA) is 35.5 Å². The first-order valence-electron chi connectivity index (χ1n) is 6.34. The van der Waals surface area contributed by atoms with Crippen LogP contribution in [-0.4, -0.2) is 25.3 Å². The van der Waals surface area contributed by atoms with Crippen molar-refractivity contribution in [2.75, 3.05) is 13.2 Å². The molecule has 1 aliphatic heterocycles. The Hall–Kier alpha value is -1.45. The summed E-state index contributed by atoms with van der Waals surface area (Å²) in [5.41, 5.74) is 3.14. The third-order valence-corrected chi connectivity index (χ3v) is 3.64. The summed E-state index contributed by atoms with van der Waals surface area (Å²) in [7, 11) is 0. The number of carbonyl (C=O) groups is 1. The molecule has 18 heavy (non-hydrogen) atoms. The lowest BCUT2D eigenvalue weighted by Crippen LogP contribution is -2.31. The average Bonchev–Trinajstić information content (AvgIpc) is 2.88. The molecule has 2 aliphatic rings. The molecule has 0 radical (unpaired) electrons. The maximum atomic E-state index is 10.8. The second kappa shape index (κ2) is 4.67. The fraction of sp³-hybridized carbons (Fsp3) is 0.400. The second-order valence-corrected chi connectivity index (χ2v) is 4.78. The third kappa shape index (κ3) is 2.11. The molecule has 1 spiro atoms. The summed E-state index contributed by atoms with van der Waals surface area (Å²) >= 11 is 0. The summed E-state index contributed by atoms with van der Waals surface area (Å²) in [6.07, 6.45) is 5.69. The molecule has 0 unspecified atom stereocenters. The van der Waals surface area contributed by atoms with Gasteiger partial charge in [0.05, 0.1) is 13.2 Å². The third-order valence-electron chi connectivity index (χ3n) is 3.64. The van der Waals surface area contributed by atoms with E-state index in [9.17, 15) is 4.79 Å². The van der Waals surface area contributed by atoms with Gasteiger partial charge in [-0.3, -0.25) is 4.79 Å². The lowest BCUT2D eigenvalue weighted by atomic mass is 9.89. The molecule has 1 aliphatic carbocycles. The van der Waals surface area contributed by atoms with Gasteiger partial charge >= 0.3 is 0 Å². The molecule has 0 saturated carbocycles. The van der Waals surface area contributed by atoms with Crippen LogP contribution < -0.4 is 0 Å². The Morgan fingerprint density at radius 3 is 2.72 bits per heavy atom. The van der Waals surface area contributed by atoms with Gasteiger partial charge in [-0.15, -0.1) is 0 Å². The van der Waals surface area contributed by atoms with Gasteiger partial charge in [-0.2, -0.15) is 0 Å². The molecule has 1 fully saturated rings. The van der Waals surface area contributed by atoms with E-state index in [2.05, 4.69) is 6.08 Å². The van der Waals surface area contributed by atoms with Crippen molar-refractivity contribution >= 4 is 11.9 Å². The van der Waals surface area contributed by atoms with Crippen molar-refractivity contribution in [3.05, 3.63) is 41.5 Å². The van der Waals surface area contributed by atoms with Gasteiger partial charge in [0.15, 0.2) is 5.79 Å². The molecule has 3 rings (SSSR count). The Morgan fingerprint density at radius 2 is 2.06 bits per heavy atom. The zero-order chi connectivity index (χ0) is 12.4.